The Morgan fingerprint density at radius 1 is 0.345 bits per heavy atom. The molecule has 12 rings (SSSR count). The molecule has 6 heterocycles. The van der Waals surface area contributed by atoms with Crippen molar-refractivity contribution in [2.45, 2.75) is 148 Å². The average molecular weight is 1700 g/mol. The molecule has 0 radical (unpaired) electrons. The zero-order valence-electron chi connectivity index (χ0n) is 66.9. The molecule has 0 unspecified atom stereocenters. The van der Waals surface area contributed by atoms with Gasteiger partial charge in [0.05, 0.1) is 35.8 Å². The Balaban J connectivity index is 0.781. The van der Waals surface area contributed by atoms with Gasteiger partial charge in [0.15, 0.2) is 17.1 Å². The number of allylic oxidation sites excluding steroid dienone is 14. The van der Waals surface area contributed by atoms with E-state index in [1.807, 2.05) is 39.8 Å². The number of nitrogens with one attached hydrogen (secondary N) is 2. The Morgan fingerprint density at radius 3 is 1.02 bits per heavy atom. The van der Waals surface area contributed by atoms with Gasteiger partial charge in [-0.3, -0.25) is 19.2 Å². The number of carboxylic acids is 4. The Hall–Kier alpha value is -11.6. The van der Waals surface area contributed by atoms with E-state index in [2.05, 4.69) is 10.6 Å². The number of aliphatic carboxylic acids is 4. The highest BCUT2D eigenvalue weighted by molar-refractivity contribution is 7.86. The Morgan fingerprint density at radius 2 is 0.639 bits per heavy atom. The van der Waals surface area contributed by atoms with Gasteiger partial charge in [0, 0.05) is 117 Å². The monoisotopic (exact) mass is 1700 g/mol. The molecule has 30 nitrogen and oxygen atoms in total. The van der Waals surface area contributed by atoms with Crippen molar-refractivity contribution < 1.29 is 115 Å². The number of carbonyl (C=O) groups is 6. The maximum absolute atomic E-state index is 14.4. The van der Waals surface area contributed by atoms with Crippen LogP contribution in [0.4, 0.5) is 34.1 Å². The highest BCUT2D eigenvalue weighted by atomic mass is 32.2. The highest BCUT2D eigenvalue weighted by Crippen LogP contribution is 2.53. The molecule has 6 aliphatic heterocycles. The van der Waals surface area contributed by atoms with E-state index in [0.29, 0.717) is 113 Å². The molecule has 2 amide bonds. The minimum Gasteiger partial charge on any atom is -0.744 e. The van der Waals surface area contributed by atoms with Crippen molar-refractivity contribution in [3.05, 3.63) is 238 Å². The van der Waals surface area contributed by atoms with Gasteiger partial charge in [0.1, 0.15) is 60.1 Å². The summed E-state index contributed by atoms with van der Waals surface area (Å²) >= 11 is 0. The Labute approximate surface area is 688 Å². The summed E-state index contributed by atoms with van der Waals surface area (Å²) in [6, 6.07) is 25.9. The summed E-state index contributed by atoms with van der Waals surface area (Å²) < 4.78 is 152. The van der Waals surface area contributed by atoms with Crippen LogP contribution >= 0.6 is 0 Å². The summed E-state index contributed by atoms with van der Waals surface area (Å²) in [6.45, 7) is 19.2. The topological polar surface area (TPSA) is 455 Å². The van der Waals surface area contributed by atoms with Crippen LogP contribution in [-0.2, 0) is 115 Å². The molecule has 6 aromatic carbocycles. The second-order valence-electron chi connectivity index (χ2n) is 32.9. The van der Waals surface area contributed by atoms with Crippen LogP contribution in [0.1, 0.15) is 128 Å². The van der Waals surface area contributed by atoms with Crippen LogP contribution in [0.5, 0.6) is 0 Å². The average Bonchev–Trinajstić information content (AvgIpc) is 1.63. The molecule has 34 heteroatoms. The van der Waals surface area contributed by atoms with E-state index in [-0.39, 0.29) is 26.2 Å². The number of carbonyl (C=O) groups excluding carboxylic acids is 2. The number of hydrogen-bond acceptors (Lipinski definition) is 21. The van der Waals surface area contributed by atoms with Crippen LogP contribution in [0.25, 0.3) is 0 Å². The number of fused-ring (bicyclic) bond motifs is 6. The van der Waals surface area contributed by atoms with E-state index in [4.69, 9.17) is 0 Å². The van der Waals surface area contributed by atoms with E-state index in [9.17, 15) is 101 Å². The maximum Gasteiger partial charge on any atom is 0.370 e. The minimum atomic E-state index is -4.96. The van der Waals surface area contributed by atoms with Gasteiger partial charge in [-0.2, -0.15) is 13.7 Å². The molecular weight excluding hydrogens is 1610 g/mol. The first-order valence-corrected chi connectivity index (χ1v) is 43.0. The fourth-order valence-corrected chi connectivity index (χ4v) is 19.1. The van der Waals surface area contributed by atoms with E-state index in [1.54, 1.807) is 165 Å². The highest BCUT2D eigenvalue weighted by Gasteiger charge is 2.50. The van der Waals surface area contributed by atoms with Gasteiger partial charge in [0.25, 0.3) is 5.91 Å². The first kappa shape index (κ1) is 86.7. The second kappa shape index (κ2) is 30.9. The standard InChI is InChI=1S/C85H88N8O22S4/c1-80(2)56-36-50(24-30-62(56)90(46-76(96)97)70(80)20-16-22-72-84(9,10)60-40-54(118(110,111)112)28-34-66(60)92(72)48-78(100)101)42-86-74(94)44-88-64-32-26-52(116(104,105)106)38-58(64)82(5,6)68(88)18-14-13-15-19-69-83(7,8)59-39-53(117(107,108)109)27-33-65(59)89(69)45-75(95)87-43-51-25-31-63-57(37-51)81(3,4)71(91(63)47-77(98)99)21-17-23-73-85(11,12)61-41-55(119(113,114)115)29-35-67(61)93(73)49-79(102)103/h13-41H,42-49H2,1-12H3,(H7-3,86,87,94,95,96,97,98,99,100,101,102,103,104,105,106,107,108,109,110,111,112,113,114,115)/p-1. The Kier molecular flexibility index (Phi) is 22.5. The van der Waals surface area contributed by atoms with E-state index < -0.39 is 154 Å². The molecule has 0 spiro atoms. The number of rotatable bonds is 27. The number of benzene rings is 6. The molecule has 0 atom stereocenters. The van der Waals surface area contributed by atoms with Crippen LogP contribution in [0.3, 0.4) is 0 Å². The number of nitrogens with zero attached hydrogens (tertiary/aromatic N) is 6. The van der Waals surface area contributed by atoms with Crippen LogP contribution in [0.15, 0.2) is 213 Å². The van der Waals surface area contributed by atoms with Crippen molar-refractivity contribution in [2.75, 3.05) is 54.0 Å². The fraction of sp³-hybridized carbons (Fsp3) is 0.306. The summed E-state index contributed by atoms with van der Waals surface area (Å²) in [7, 11) is -19.6. The van der Waals surface area contributed by atoms with Crippen LogP contribution in [0.2, 0.25) is 0 Å². The van der Waals surface area contributed by atoms with Crippen molar-refractivity contribution in [3.63, 3.8) is 0 Å². The quantitative estimate of drug-likeness (QED) is 0.0159. The lowest BCUT2D eigenvalue weighted by Gasteiger charge is -2.26. The lowest BCUT2D eigenvalue weighted by atomic mass is 9.80. The van der Waals surface area contributed by atoms with E-state index in [0.717, 1.165) is 24.3 Å². The van der Waals surface area contributed by atoms with Gasteiger partial charge in [-0.15, -0.1) is 0 Å². The summed E-state index contributed by atoms with van der Waals surface area (Å²) in [5.74, 6) is -5.63. The van der Waals surface area contributed by atoms with Gasteiger partial charge in [-0.1, -0.05) is 90.1 Å². The zero-order chi connectivity index (χ0) is 87.4. The second-order valence-corrected chi connectivity index (χ2v) is 38.4. The fourth-order valence-electron chi connectivity index (χ4n) is 17.1. The van der Waals surface area contributed by atoms with Crippen LogP contribution < -0.4 is 25.3 Å². The van der Waals surface area contributed by atoms with E-state index in [1.165, 1.54) is 58.0 Å². The molecule has 6 aliphatic rings. The zero-order valence-corrected chi connectivity index (χ0v) is 70.1. The third kappa shape index (κ3) is 16.6. The lowest BCUT2D eigenvalue weighted by Crippen LogP contribution is -2.37. The van der Waals surface area contributed by atoms with Crippen molar-refractivity contribution in [1.29, 1.82) is 0 Å². The van der Waals surface area contributed by atoms with Crippen molar-refractivity contribution in [3.8, 4) is 0 Å². The summed E-state index contributed by atoms with van der Waals surface area (Å²) in [6.07, 6.45) is 18.5. The van der Waals surface area contributed by atoms with Crippen LogP contribution in [-0.4, -0.2) is 178 Å². The largest absolute Gasteiger partial charge is 0.744 e. The molecule has 0 aromatic heterocycles. The maximum atomic E-state index is 14.4. The minimum absolute atomic E-state index is 0.0207. The molecule has 119 heavy (non-hydrogen) atoms. The predicted octanol–water partition coefficient (Wildman–Crippen LogP) is 8.67. The molecule has 0 saturated carbocycles. The molecule has 0 saturated heterocycles. The molecule has 0 aliphatic carbocycles. The van der Waals surface area contributed by atoms with Gasteiger partial charge in [-0.05, 0) is 160 Å². The number of carboxylic acid groups (broad SMARTS) is 4. The third-order valence-electron chi connectivity index (χ3n) is 23.0. The lowest BCUT2D eigenvalue weighted by molar-refractivity contribution is -0.428. The number of amides is 2. The van der Waals surface area contributed by atoms with Gasteiger partial charge >= 0.3 is 23.9 Å². The van der Waals surface area contributed by atoms with Gasteiger partial charge in [-0.25, -0.2) is 43.3 Å². The van der Waals surface area contributed by atoms with E-state index >= 15 is 0 Å². The van der Waals surface area contributed by atoms with Crippen LogP contribution in [0, 0.1) is 0 Å². The summed E-state index contributed by atoms with van der Waals surface area (Å²) in [5.41, 5.74) is 4.22. The molecule has 6 N–H and O–H groups in total. The molecule has 6 aromatic rings. The van der Waals surface area contributed by atoms with Crippen molar-refractivity contribution >= 4 is 127 Å². The first-order chi connectivity index (χ1) is 55.2. The molecule has 624 valence electrons. The molecule has 0 bridgehead atoms. The molecule has 0 fully saturated rings. The van der Waals surface area contributed by atoms with Crippen molar-refractivity contribution in [1.82, 2.24) is 10.6 Å². The number of anilines is 3. The smallest absolute Gasteiger partial charge is 0.370 e. The number of hydrogen-bond donors (Lipinski definition) is 6. The van der Waals surface area contributed by atoms with Gasteiger partial charge in [0.2, 0.25) is 42.6 Å². The van der Waals surface area contributed by atoms with Crippen molar-refractivity contribution in [2.24, 2.45) is 0 Å². The third-order valence-corrected chi connectivity index (χ3v) is 26.3. The predicted molar refractivity (Wildman–Crippen MR) is 435 cm³/mol. The van der Waals surface area contributed by atoms with Gasteiger partial charge < -0.3 is 64.0 Å². The first-order valence-electron chi connectivity index (χ1n) is 37.4. The SMILES string of the molecule is CC1(C)C(/C=C/C=C2/N(CC(=O)O)c3ccc(S(=O)(=O)[O-])cc3C2(C)C)=[N+](CC(=O)O)c2ccc(CNC(=O)CN3/C(=C/C=C/C=C/C4=[N+](CC(=O)NCc5ccc6c(c5)C(C)(C)/C(=C\C=C\C5=[N+](CC(=O)O)c7ccc(S(=O)(=O)[O-])cc7C5(C)C)N6CC(=O)O)c5ccc(S(=O)(=O)[O-])cc5C4(C)C)C(C)(C)c4cc(S(=O)(=O)[O-])ccc43)cc21. The molecular formula is C85H87N8O22S4-. The normalized spacial score (nSPS) is 19.0. The summed E-state index contributed by atoms with van der Waals surface area (Å²) in [4.78, 5) is 81.2. The summed E-state index contributed by atoms with van der Waals surface area (Å²) in [5, 5.41) is 46.3. The Bertz CT molecular complexity index is 6270.